The van der Waals surface area contributed by atoms with Gasteiger partial charge in [-0.15, -0.1) is 0 Å². The van der Waals surface area contributed by atoms with Crippen molar-refractivity contribution in [2.24, 2.45) is 0 Å². The maximum atomic E-state index is 12.6. The summed E-state index contributed by atoms with van der Waals surface area (Å²) in [5.74, 6) is -0.0271. The lowest BCUT2D eigenvalue weighted by molar-refractivity contribution is -0.143. The van der Waals surface area contributed by atoms with Gasteiger partial charge in [-0.05, 0) is 32.1 Å². The maximum absolute atomic E-state index is 12.6. The first-order chi connectivity index (χ1) is 46.5. The Morgan fingerprint density at radius 3 is 0.723 bits per heavy atom. The molecule has 0 fully saturated rings. The van der Waals surface area contributed by atoms with Crippen LogP contribution in [-0.4, -0.2) is 47.4 Å². The summed E-state index contributed by atoms with van der Waals surface area (Å²) in [6.07, 6.45) is 108. The van der Waals surface area contributed by atoms with E-state index >= 15 is 0 Å². The van der Waals surface area contributed by atoms with Crippen molar-refractivity contribution in [2.75, 3.05) is 13.2 Å². The monoisotopic (exact) mass is 1320 g/mol. The van der Waals surface area contributed by atoms with E-state index in [0.717, 1.165) is 38.5 Å². The van der Waals surface area contributed by atoms with Gasteiger partial charge in [-0.25, -0.2) is 0 Å². The number of amides is 1. The number of unbranched alkanes of at least 4 members (excludes halogenated alkanes) is 73. The molecule has 2 atom stereocenters. The molecule has 0 rings (SSSR count). The van der Waals surface area contributed by atoms with Crippen LogP contribution in [-0.2, 0) is 14.3 Å². The van der Waals surface area contributed by atoms with Gasteiger partial charge >= 0.3 is 5.97 Å². The number of aliphatic hydroxyl groups is 2. The van der Waals surface area contributed by atoms with Crippen molar-refractivity contribution >= 4 is 11.9 Å². The average molecular weight is 1330 g/mol. The molecule has 0 aliphatic carbocycles. The molecule has 1 amide bonds. The quantitative estimate of drug-likeness (QED) is 0.0320. The van der Waals surface area contributed by atoms with Crippen LogP contribution < -0.4 is 5.32 Å². The highest BCUT2D eigenvalue weighted by atomic mass is 16.5. The van der Waals surface area contributed by atoms with Gasteiger partial charge < -0.3 is 20.3 Å². The number of esters is 1. The first-order valence-corrected chi connectivity index (χ1v) is 44.0. The second-order valence-corrected chi connectivity index (χ2v) is 30.6. The first-order valence-electron chi connectivity index (χ1n) is 44.0. The minimum Gasteiger partial charge on any atom is -0.466 e. The second-order valence-electron chi connectivity index (χ2n) is 30.6. The van der Waals surface area contributed by atoms with Crippen molar-refractivity contribution in [1.29, 1.82) is 0 Å². The highest BCUT2D eigenvalue weighted by molar-refractivity contribution is 5.76. The fraction of sp³-hybridized carbons (Fsp3) is 0.955. The number of allylic oxidation sites excluding steroid dienone is 1. The molecule has 0 spiro atoms. The second kappa shape index (κ2) is 84.0. The van der Waals surface area contributed by atoms with Crippen LogP contribution in [0.15, 0.2) is 12.2 Å². The Bertz CT molecular complexity index is 1430. The third-order valence-corrected chi connectivity index (χ3v) is 21.1. The third-order valence-electron chi connectivity index (χ3n) is 21.1. The maximum Gasteiger partial charge on any atom is 0.305 e. The van der Waals surface area contributed by atoms with E-state index in [-0.39, 0.29) is 18.5 Å². The molecule has 0 aliphatic rings. The molecule has 0 saturated heterocycles. The number of carbonyl (C=O) groups is 2. The van der Waals surface area contributed by atoms with Crippen LogP contribution in [0.2, 0.25) is 0 Å². The largest absolute Gasteiger partial charge is 0.466 e. The van der Waals surface area contributed by atoms with Crippen molar-refractivity contribution in [3.8, 4) is 0 Å². The van der Waals surface area contributed by atoms with Crippen LogP contribution in [0, 0.1) is 0 Å². The van der Waals surface area contributed by atoms with Crippen molar-refractivity contribution in [3.05, 3.63) is 12.2 Å². The van der Waals surface area contributed by atoms with E-state index < -0.39 is 12.1 Å². The zero-order valence-electron chi connectivity index (χ0n) is 64.5. The van der Waals surface area contributed by atoms with Crippen LogP contribution in [0.4, 0.5) is 0 Å². The zero-order valence-corrected chi connectivity index (χ0v) is 64.5. The molecular weight excluding hydrogens is 1150 g/mol. The highest BCUT2D eigenvalue weighted by Crippen LogP contribution is 2.21. The molecular formula is C88H173NO5. The Morgan fingerprint density at radius 2 is 0.489 bits per heavy atom. The molecule has 6 nitrogen and oxygen atoms in total. The lowest BCUT2D eigenvalue weighted by Gasteiger charge is -2.20. The van der Waals surface area contributed by atoms with E-state index in [1.54, 1.807) is 6.08 Å². The molecule has 2 unspecified atom stereocenters. The Morgan fingerprint density at radius 1 is 0.287 bits per heavy atom. The lowest BCUT2D eigenvalue weighted by atomic mass is 10.0. The van der Waals surface area contributed by atoms with E-state index in [4.69, 9.17) is 4.74 Å². The Kier molecular flexibility index (Phi) is 82.8. The standard InChI is InChI=1S/C88H173NO5/c1-3-5-7-9-11-13-15-17-19-21-23-41-45-48-52-56-60-64-68-72-76-80-86(91)85(84-90)89-87(92)81-77-73-69-65-61-57-53-49-46-42-39-37-35-33-31-29-27-25-24-26-28-30-32-34-36-38-40-43-47-51-55-59-63-67-71-75-79-83-94-88(93)82-78-74-70-66-62-58-54-50-44-22-20-18-16-14-12-10-8-6-4-2/h76,80,85-86,90-91H,3-75,77-79,81-84H2,1-2H3,(H,89,92)/b80-76+. The van der Waals surface area contributed by atoms with Gasteiger partial charge in [-0.3, -0.25) is 9.59 Å². The lowest BCUT2D eigenvalue weighted by Crippen LogP contribution is -2.45. The molecule has 0 radical (unpaired) electrons. The summed E-state index contributed by atoms with van der Waals surface area (Å²) >= 11 is 0. The smallest absolute Gasteiger partial charge is 0.305 e. The third kappa shape index (κ3) is 79.6. The van der Waals surface area contributed by atoms with E-state index in [0.29, 0.717) is 19.4 Å². The summed E-state index contributed by atoms with van der Waals surface area (Å²) in [7, 11) is 0. The van der Waals surface area contributed by atoms with Crippen molar-refractivity contribution in [2.45, 2.75) is 527 Å². The van der Waals surface area contributed by atoms with Crippen LogP contribution in [0.25, 0.3) is 0 Å². The van der Waals surface area contributed by atoms with Gasteiger partial charge in [0.2, 0.25) is 5.91 Å². The Hall–Kier alpha value is -1.40. The predicted molar refractivity (Wildman–Crippen MR) is 417 cm³/mol. The minimum absolute atomic E-state index is 0.0295. The first kappa shape index (κ1) is 92.6. The van der Waals surface area contributed by atoms with Crippen molar-refractivity contribution in [1.82, 2.24) is 5.32 Å². The highest BCUT2D eigenvalue weighted by Gasteiger charge is 2.18. The number of rotatable bonds is 84. The van der Waals surface area contributed by atoms with Crippen LogP contribution >= 0.6 is 0 Å². The Labute approximate surface area is 590 Å². The molecule has 3 N–H and O–H groups in total. The molecule has 0 aromatic heterocycles. The van der Waals surface area contributed by atoms with Crippen LogP contribution in [0.5, 0.6) is 0 Å². The van der Waals surface area contributed by atoms with Gasteiger partial charge in [0.1, 0.15) is 0 Å². The Balaban J connectivity index is 3.30. The van der Waals surface area contributed by atoms with Crippen LogP contribution in [0.1, 0.15) is 515 Å². The molecule has 94 heavy (non-hydrogen) atoms. The minimum atomic E-state index is -0.841. The summed E-state index contributed by atoms with van der Waals surface area (Å²) in [6, 6.07) is -0.624. The molecule has 0 aliphatic heterocycles. The number of nitrogens with one attached hydrogen (secondary N) is 1. The molecule has 0 aromatic carbocycles. The molecule has 0 heterocycles. The van der Waals surface area contributed by atoms with Gasteiger partial charge in [0.05, 0.1) is 25.4 Å². The SMILES string of the molecule is CCCCCCCCCCCCCCCCCCCCC/C=C/C(O)C(CO)NC(=O)CCCCCCCCCCCCCCCCCCCCCCCCCCCCCCCCCCCCCCCOC(=O)CCCCCCCCCCCCCCCCCCCCC. The van der Waals surface area contributed by atoms with Crippen molar-refractivity contribution in [3.63, 3.8) is 0 Å². The van der Waals surface area contributed by atoms with E-state index in [2.05, 4.69) is 19.2 Å². The normalized spacial score (nSPS) is 12.4. The van der Waals surface area contributed by atoms with Gasteiger partial charge in [0.25, 0.3) is 0 Å². The number of ether oxygens (including phenoxy) is 1. The summed E-state index contributed by atoms with van der Waals surface area (Å²) < 4.78 is 5.53. The van der Waals surface area contributed by atoms with E-state index in [9.17, 15) is 19.8 Å². The summed E-state index contributed by atoms with van der Waals surface area (Å²) in [6.45, 7) is 4.98. The molecule has 560 valence electrons. The molecule has 6 heteroatoms. The van der Waals surface area contributed by atoms with Gasteiger partial charge in [0, 0.05) is 12.8 Å². The average Bonchev–Trinajstić information content (AvgIpc) is 3.64. The molecule has 0 saturated carbocycles. The summed E-state index contributed by atoms with van der Waals surface area (Å²) in [5.41, 5.74) is 0. The zero-order chi connectivity index (χ0) is 67.7. The predicted octanol–water partition coefficient (Wildman–Crippen LogP) is 29.4. The number of aliphatic hydroxyl groups excluding tert-OH is 2. The molecule has 0 aromatic rings. The van der Waals surface area contributed by atoms with E-state index in [1.807, 2.05) is 6.08 Å². The van der Waals surface area contributed by atoms with Crippen LogP contribution in [0.3, 0.4) is 0 Å². The fourth-order valence-electron chi connectivity index (χ4n) is 14.4. The van der Waals surface area contributed by atoms with Crippen molar-refractivity contribution < 1.29 is 24.5 Å². The number of hydrogen-bond acceptors (Lipinski definition) is 5. The topological polar surface area (TPSA) is 95.9 Å². The summed E-state index contributed by atoms with van der Waals surface area (Å²) in [4.78, 5) is 24.7. The van der Waals surface area contributed by atoms with E-state index in [1.165, 1.54) is 449 Å². The number of hydrogen-bond donors (Lipinski definition) is 3. The number of carbonyl (C=O) groups excluding carboxylic acids is 2. The van der Waals surface area contributed by atoms with Gasteiger partial charge in [-0.1, -0.05) is 482 Å². The summed E-state index contributed by atoms with van der Waals surface area (Å²) in [5, 5.41) is 23.3. The fourth-order valence-corrected chi connectivity index (χ4v) is 14.4. The van der Waals surface area contributed by atoms with Gasteiger partial charge in [-0.2, -0.15) is 0 Å². The molecule has 0 bridgehead atoms. The van der Waals surface area contributed by atoms with Gasteiger partial charge in [0.15, 0.2) is 0 Å².